The van der Waals surface area contributed by atoms with Crippen molar-refractivity contribution in [3.8, 4) is 0 Å². The molecule has 21 heavy (non-hydrogen) atoms. The summed E-state index contributed by atoms with van der Waals surface area (Å²) in [5.74, 6) is 0. The van der Waals surface area contributed by atoms with Crippen LogP contribution in [0.3, 0.4) is 0 Å². The van der Waals surface area contributed by atoms with Crippen molar-refractivity contribution in [3.05, 3.63) is 0 Å². The van der Waals surface area contributed by atoms with Gasteiger partial charge in [0.2, 0.25) is 0 Å². The second kappa shape index (κ2) is 5.80. The van der Waals surface area contributed by atoms with Crippen LogP contribution in [0, 0.1) is 0 Å². The molecule has 0 aromatic rings. The molecule has 2 atom stereocenters. The zero-order valence-corrected chi connectivity index (χ0v) is 23.8. The average Bonchev–Trinajstić information content (AvgIpc) is 2.54. The molecule has 7 heteroatoms. The van der Waals surface area contributed by atoms with Crippen molar-refractivity contribution in [2.45, 2.75) is 86.9 Å². The molecule has 0 aromatic carbocycles. The van der Waals surface area contributed by atoms with Crippen molar-refractivity contribution in [1.82, 2.24) is 0 Å². The monoisotopic (exact) mass is 500 g/mol. The van der Waals surface area contributed by atoms with Gasteiger partial charge < -0.3 is 0 Å². The highest BCUT2D eigenvalue weighted by Crippen LogP contribution is 2.68. The molecule has 1 saturated heterocycles. The molecule has 0 aromatic heterocycles. The minimum absolute atomic E-state index is 0.679. The Morgan fingerprint density at radius 2 is 0.857 bits per heavy atom. The SMILES string of the molecule is C[Si](C)(C)C1([Si](C)(C)Br)CC[C@]([Si](C)(C)C)([Si](C)(C)Br)[Si]1. The lowest BCUT2D eigenvalue weighted by Crippen LogP contribution is -2.61. The molecule has 1 aliphatic heterocycles. The van der Waals surface area contributed by atoms with Crippen molar-refractivity contribution < 1.29 is 0 Å². The summed E-state index contributed by atoms with van der Waals surface area (Å²) in [6.45, 7) is 23.5. The van der Waals surface area contributed by atoms with E-state index in [0.29, 0.717) is 8.57 Å². The van der Waals surface area contributed by atoms with Gasteiger partial charge in [-0.2, -0.15) is 0 Å². The molecule has 1 rings (SSSR count). The summed E-state index contributed by atoms with van der Waals surface area (Å²) in [5, 5.41) is 0. The van der Waals surface area contributed by atoms with Crippen molar-refractivity contribution in [2.24, 2.45) is 0 Å². The van der Waals surface area contributed by atoms with Gasteiger partial charge in [0.15, 0.2) is 0 Å². The van der Waals surface area contributed by atoms with Gasteiger partial charge in [-0.15, -0.1) is 30.6 Å². The minimum Gasteiger partial charge on any atom is -0.127 e. The van der Waals surface area contributed by atoms with E-state index in [1.807, 2.05) is 0 Å². The van der Waals surface area contributed by atoms with Crippen LogP contribution in [0.2, 0.25) is 74.0 Å². The Morgan fingerprint density at radius 3 is 0.952 bits per heavy atom. The molecule has 2 radical (unpaired) electrons. The fourth-order valence-corrected chi connectivity index (χ4v) is 46.5. The van der Waals surface area contributed by atoms with Crippen LogP contribution in [0.4, 0.5) is 0 Å². The smallest absolute Gasteiger partial charge is 0.124 e. The third-order valence-corrected chi connectivity index (χ3v) is 43.9. The van der Waals surface area contributed by atoms with Crippen LogP contribution in [0.1, 0.15) is 12.8 Å². The van der Waals surface area contributed by atoms with Crippen LogP contribution in [0.5, 0.6) is 0 Å². The van der Waals surface area contributed by atoms with Crippen LogP contribution >= 0.6 is 30.6 Å². The van der Waals surface area contributed by atoms with Crippen LogP contribution in [-0.4, -0.2) is 39.1 Å². The first-order valence-corrected chi connectivity index (χ1v) is 26.6. The van der Waals surface area contributed by atoms with Crippen molar-refractivity contribution in [2.75, 3.05) is 0 Å². The molecule has 124 valence electrons. The van der Waals surface area contributed by atoms with Gasteiger partial charge in [0.1, 0.15) is 13.4 Å². The van der Waals surface area contributed by atoms with E-state index in [2.05, 4.69) is 96.1 Å². The largest absolute Gasteiger partial charge is 0.127 e. The van der Waals surface area contributed by atoms with E-state index in [1.165, 1.54) is 22.4 Å². The summed E-state index contributed by atoms with van der Waals surface area (Å²) in [6, 6.07) is 0. The third kappa shape index (κ3) is 3.40. The van der Waals surface area contributed by atoms with Gasteiger partial charge in [-0.05, 0) is 8.57 Å². The summed E-state index contributed by atoms with van der Waals surface area (Å²) >= 11 is 8.56. The Bertz CT molecular complexity index is 330. The summed E-state index contributed by atoms with van der Waals surface area (Å²) in [5.41, 5.74) is 0. The van der Waals surface area contributed by atoms with Gasteiger partial charge in [-0.3, -0.25) is 0 Å². The summed E-state index contributed by atoms with van der Waals surface area (Å²) in [7, 11) is -1.22. The summed E-state index contributed by atoms with van der Waals surface area (Å²) < 4.78 is 1.36. The molecule has 0 spiro atoms. The van der Waals surface area contributed by atoms with Gasteiger partial charge >= 0.3 is 0 Å². The molecule has 1 fully saturated rings. The Labute approximate surface area is 155 Å². The first-order chi connectivity index (χ1) is 8.91. The minimum atomic E-state index is -1.35. The van der Waals surface area contributed by atoms with Crippen LogP contribution < -0.4 is 0 Å². The van der Waals surface area contributed by atoms with E-state index >= 15 is 0 Å². The maximum atomic E-state index is 4.28. The molecular weight excluding hydrogens is 468 g/mol. The van der Waals surface area contributed by atoms with Crippen molar-refractivity contribution in [1.29, 1.82) is 0 Å². The standard InChI is InChI=1S/C14H34Br2Si5/c1-18(2,3)13(20(7,8)15)11-12-14(17-13,19(4,5)6)21(9,10)16/h11-12H2,1-10H3/t13-,14?/m0/s1. The van der Waals surface area contributed by atoms with Crippen LogP contribution in [0.15, 0.2) is 0 Å². The van der Waals surface area contributed by atoms with Gasteiger partial charge in [-0.1, -0.05) is 78.3 Å². The molecule has 0 nitrogen and oxygen atoms in total. The quantitative estimate of drug-likeness (QED) is 0.292. The second-order valence-corrected chi connectivity index (χ2v) is 45.0. The predicted molar refractivity (Wildman–Crippen MR) is 120 cm³/mol. The van der Waals surface area contributed by atoms with Crippen LogP contribution in [0.25, 0.3) is 0 Å². The zero-order valence-electron chi connectivity index (χ0n) is 15.7. The van der Waals surface area contributed by atoms with E-state index in [4.69, 9.17) is 0 Å². The molecule has 1 heterocycles. The normalized spacial score (nSPS) is 32.6. The Balaban J connectivity index is 3.49. The Morgan fingerprint density at radius 1 is 0.619 bits per heavy atom. The number of hydrogen-bond donors (Lipinski definition) is 0. The van der Waals surface area contributed by atoms with E-state index in [-0.39, 0.29) is 0 Å². The maximum Gasteiger partial charge on any atom is 0.124 e. The molecule has 0 N–H and O–H groups in total. The van der Waals surface area contributed by atoms with Gasteiger partial charge in [-0.25, -0.2) is 0 Å². The molecule has 1 unspecified atom stereocenters. The molecule has 0 aliphatic carbocycles. The number of halogens is 2. The fraction of sp³-hybridized carbons (Fsp3) is 1.00. The number of hydrogen-bond acceptors (Lipinski definition) is 0. The topological polar surface area (TPSA) is 0 Å². The molecular formula is C14H34Br2Si5. The van der Waals surface area contributed by atoms with Crippen molar-refractivity contribution in [3.63, 3.8) is 0 Å². The van der Waals surface area contributed by atoms with Crippen molar-refractivity contribution >= 4 is 69.6 Å². The molecule has 0 bridgehead atoms. The van der Waals surface area contributed by atoms with Crippen LogP contribution in [-0.2, 0) is 0 Å². The lowest BCUT2D eigenvalue weighted by molar-refractivity contribution is 0.773. The fourth-order valence-electron chi connectivity index (χ4n) is 4.66. The van der Waals surface area contributed by atoms with E-state index < -0.39 is 29.5 Å². The first kappa shape index (κ1) is 21.1. The first-order valence-electron chi connectivity index (χ1n) is 8.09. The van der Waals surface area contributed by atoms with E-state index in [9.17, 15) is 0 Å². The van der Waals surface area contributed by atoms with Gasteiger partial charge in [0.05, 0.1) is 0 Å². The lowest BCUT2D eigenvalue weighted by Gasteiger charge is -2.53. The highest BCUT2D eigenvalue weighted by molar-refractivity contribution is 9.26. The third-order valence-electron chi connectivity index (χ3n) is 5.89. The Hall–Kier alpha value is 2.04. The maximum absolute atomic E-state index is 4.28. The predicted octanol–water partition coefficient (Wildman–Crippen LogP) is 6.84. The summed E-state index contributed by atoms with van der Waals surface area (Å²) in [4.78, 5) is 0. The lowest BCUT2D eigenvalue weighted by atomic mass is 10.4. The van der Waals surface area contributed by atoms with Gasteiger partial charge in [0, 0.05) is 25.7 Å². The number of rotatable bonds is 4. The summed E-state index contributed by atoms with van der Waals surface area (Å²) in [6.07, 6.45) is 3.00. The zero-order chi connectivity index (χ0) is 17.1. The highest BCUT2D eigenvalue weighted by Gasteiger charge is 2.67. The molecule has 0 amide bonds. The van der Waals surface area contributed by atoms with E-state index in [1.54, 1.807) is 0 Å². The molecule has 1 aliphatic rings. The highest BCUT2D eigenvalue weighted by atomic mass is 79.9. The van der Waals surface area contributed by atoms with E-state index in [0.717, 1.165) is 0 Å². The average molecular weight is 503 g/mol. The second-order valence-electron chi connectivity index (χ2n) is 9.88. The van der Waals surface area contributed by atoms with Gasteiger partial charge in [0.25, 0.3) is 0 Å². The Kier molecular flexibility index (Phi) is 5.82. The molecule has 0 saturated carbocycles.